The molecule has 0 heterocycles. The van der Waals surface area contributed by atoms with Crippen LogP contribution in [0.1, 0.15) is 22.3 Å². The van der Waals surface area contributed by atoms with Crippen LogP contribution in [-0.4, -0.2) is 0 Å². The molecule has 0 amide bonds. The summed E-state index contributed by atoms with van der Waals surface area (Å²) in [6, 6.07) is 21.0. The summed E-state index contributed by atoms with van der Waals surface area (Å²) in [7, 11) is 0. The van der Waals surface area contributed by atoms with Crippen LogP contribution in [0.3, 0.4) is 0 Å². The van der Waals surface area contributed by atoms with E-state index < -0.39 is 22.9 Å². The number of hydrogen-bond acceptors (Lipinski definition) is 2. The van der Waals surface area contributed by atoms with E-state index in [1.807, 2.05) is 30.3 Å². The van der Waals surface area contributed by atoms with E-state index in [2.05, 4.69) is 0 Å². The standard InChI is InChI=1S/C25H17F3N2/c26-19-7-3-5-17-16-4-1-2-6-18(16)25(24(17)19,14-8-10-22(29)20(27)12-14)15-9-11-23(30)21(28)13-15/h1-13H,29-30H2. The first kappa shape index (κ1) is 18.3. The van der Waals surface area contributed by atoms with E-state index in [1.54, 1.807) is 18.2 Å². The van der Waals surface area contributed by atoms with Gasteiger partial charge in [0.2, 0.25) is 0 Å². The van der Waals surface area contributed by atoms with Gasteiger partial charge in [-0.3, -0.25) is 0 Å². The Morgan fingerprint density at radius 1 is 0.567 bits per heavy atom. The summed E-state index contributed by atoms with van der Waals surface area (Å²) in [5.74, 6) is -1.70. The van der Waals surface area contributed by atoms with Crippen molar-refractivity contribution < 1.29 is 13.2 Å². The summed E-state index contributed by atoms with van der Waals surface area (Å²) in [5.41, 5.74) is 13.6. The van der Waals surface area contributed by atoms with Crippen molar-refractivity contribution in [3.8, 4) is 11.1 Å². The van der Waals surface area contributed by atoms with Crippen LogP contribution in [-0.2, 0) is 5.41 Å². The minimum atomic E-state index is -1.26. The lowest BCUT2D eigenvalue weighted by Gasteiger charge is -2.34. The molecule has 4 aromatic rings. The molecule has 4 N–H and O–H groups in total. The van der Waals surface area contributed by atoms with E-state index in [1.165, 1.54) is 30.3 Å². The summed E-state index contributed by atoms with van der Waals surface area (Å²) in [6.07, 6.45) is 0. The first-order valence-corrected chi connectivity index (χ1v) is 9.44. The molecule has 0 fully saturated rings. The molecule has 0 radical (unpaired) electrons. The van der Waals surface area contributed by atoms with Gasteiger partial charge in [-0.2, -0.15) is 0 Å². The first-order chi connectivity index (χ1) is 14.4. The zero-order valence-corrected chi connectivity index (χ0v) is 15.8. The van der Waals surface area contributed by atoms with Crippen molar-refractivity contribution in [1.82, 2.24) is 0 Å². The lowest BCUT2D eigenvalue weighted by atomic mass is 9.67. The molecule has 0 saturated heterocycles. The largest absolute Gasteiger partial charge is 0.396 e. The Bertz CT molecular complexity index is 1260. The molecule has 30 heavy (non-hydrogen) atoms. The fourth-order valence-electron chi connectivity index (χ4n) is 4.60. The van der Waals surface area contributed by atoms with Crippen molar-refractivity contribution in [3.63, 3.8) is 0 Å². The lowest BCUT2D eigenvalue weighted by molar-refractivity contribution is 0.579. The number of halogens is 3. The Labute approximate surface area is 171 Å². The molecule has 0 aliphatic heterocycles. The van der Waals surface area contributed by atoms with Gasteiger partial charge in [-0.1, -0.05) is 48.5 Å². The normalized spacial score (nSPS) is 13.7. The summed E-state index contributed by atoms with van der Waals surface area (Å²) in [6.45, 7) is 0. The Morgan fingerprint density at radius 2 is 1.13 bits per heavy atom. The van der Waals surface area contributed by atoms with Gasteiger partial charge in [-0.25, -0.2) is 13.2 Å². The van der Waals surface area contributed by atoms with E-state index in [0.29, 0.717) is 22.3 Å². The monoisotopic (exact) mass is 402 g/mol. The number of rotatable bonds is 2. The van der Waals surface area contributed by atoms with Crippen LogP contribution in [0.2, 0.25) is 0 Å². The molecule has 0 unspecified atom stereocenters. The van der Waals surface area contributed by atoms with Crippen LogP contribution in [0, 0.1) is 17.5 Å². The minimum Gasteiger partial charge on any atom is -0.396 e. The molecule has 1 aliphatic rings. The van der Waals surface area contributed by atoms with Gasteiger partial charge in [0.05, 0.1) is 16.8 Å². The maximum Gasteiger partial charge on any atom is 0.146 e. The van der Waals surface area contributed by atoms with E-state index in [9.17, 15) is 8.78 Å². The predicted molar refractivity (Wildman–Crippen MR) is 112 cm³/mol. The number of nitrogen functional groups attached to an aromatic ring is 2. The third kappa shape index (κ3) is 2.32. The zero-order valence-electron chi connectivity index (χ0n) is 15.8. The van der Waals surface area contributed by atoms with Gasteiger partial charge in [0, 0.05) is 5.56 Å². The number of nitrogens with two attached hydrogens (primary N) is 2. The van der Waals surface area contributed by atoms with Crippen molar-refractivity contribution in [2.24, 2.45) is 0 Å². The summed E-state index contributed by atoms with van der Waals surface area (Å²) in [4.78, 5) is 0. The smallest absolute Gasteiger partial charge is 0.146 e. The molecule has 0 saturated carbocycles. The second-order valence-electron chi connectivity index (χ2n) is 7.43. The van der Waals surface area contributed by atoms with Gasteiger partial charge in [-0.05, 0) is 58.1 Å². The lowest BCUT2D eigenvalue weighted by Crippen LogP contribution is -2.30. The molecule has 0 spiro atoms. The molecule has 0 bridgehead atoms. The molecule has 5 heteroatoms. The van der Waals surface area contributed by atoms with Crippen molar-refractivity contribution in [2.75, 3.05) is 11.5 Å². The fourth-order valence-corrected chi connectivity index (χ4v) is 4.60. The van der Waals surface area contributed by atoms with E-state index >= 15 is 4.39 Å². The molecular formula is C25H17F3N2. The first-order valence-electron chi connectivity index (χ1n) is 9.44. The second-order valence-corrected chi connectivity index (χ2v) is 7.43. The Morgan fingerprint density at radius 3 is 1.73 bits per heavy atom. The number of hydrogen-bond donors (Lipinski definition) is 2. The topological polar surface area (TPSA) is 52.0 Å². The van der Waals surface area contributed by atoms with Crippen molar-refractivity contribution in [1.29, 1.82) is 0 Å². The van der Waals surface area contributed by atoms with Crippen LogP contribution in [0.25, 0.3) is 11.1 Å². The van der Waals surface area contributed by atoms with Gasteiger partial charge in [-0.15, -0.1) is 0 Å². The van der Waals surface area contributed by atoms with Gasteiger partial charge in [0.15, 0.2) is 0 Å². The molecule has 5 rings (SSSR count). The Kier molecular flexibility index (Phi) is 3.90. The molecule has 4 aromatic carbocycles. The SMILES string of the molecule is Nc1ccc(C2(c3ccc(N)c(F)c3)c3ccccc3-c3cccc(F)c32)cc1F. The third-order valence-corrected chi connectivity index (χ3v) is 5.88. The van der Waals surface area contributed by atoms with E-state index in [4.69, 9.17) is 11.5 Å². The van der Waals surface area contributed by atoms with Crippen LogP contribution < -0.4 is 11.5 Å². The van der Waals surface area contributed by atoms with Gasteiger partial charge in [0.1, 0.15) is 17.5 Å². The zero-order chi connectivity index (χ0) is 21.0. The van der Waals surface area contributed by atoms with Crippen LogP contribution in [0.4, 0.5) is 24.5 Å². The molecule has 148 valence electrons. The van der Waals surface area contributed by atoms with Gasteiger partial charge >= 0.3 is 0 Å². The highest BCUT2D eigenvalue weighted by Crippen LogP contribution is 2.57. The number of fused-ring (bicyclic) bond motifs is 3. The van der Waals surface area contributed by atoms with Crippen molar-refractivity contribution >= 4 is 11.4 Å². The van der Waals surface area contributed by atoms with Crippen molar-refractivity contribution in [2.45, 2.75) is 5.41 Å². The highest BCUT2D eigenvalue weighted by molar-refractivity contribution is 5.86. The molecule has 1 aliphatic carbocycles. The average Bonchev–Trinajstić information content (AvgIpc) is 3.05. The van der Waals surface area contributed by atoms with Crippen LogP contribution in [0.15, 0.2) is 78.9 Å². The number of anilines is 2. The Hall–Kier alpha value is -3.73. The quantitative estimate of drug-likeness (QED) is 0.376. The van der Waals surface area contributed by atoms with Crippen molar-refractivity contribution in [3.05, 3.63) is 119 Å². The fraction of sp³-hybridized carbons (Fsp3) is 0.0400. The minimum absolute atomic E-state index is 0.0163. The van der Waals surface area contributed by atoms with Gasteiger partial charge in [0.25, 0.3) is 0 Å². The summed E-state index contributed by atoms with van der Waals surface area (Å²) < 4.78 is 44.6. The second kappa shape index (κ2) is 6.39. The molecule has 0 atom stereocenters. The highest BCUT2D eigenvalue weighted by atomic mass is 19.1. The third-order valence-electron chi connectivity index (χ3n) is 5.88. The molecular weight excluding hydrogens is 385 g/mol. The van der Waals surface area contributed by atoms with E-state index in [0.717, 1.165) is 11.1 Å². The number of benzene rings is 4. The Balaban J connectivity index is 2.00. The maximum absolute atomic E-state index is 15.4. The maximum atomic E-state index is 15.4. The average molecular weight is 402 g/mol. The summed E-state index contributed by atoms with van der Waals surface area (Å²) in [5, 5.41) is 0. The molecule has 0 aromatic heterocycles. The molecule has 2 nitrogen and oxygen atoms in total. The van der Waals surface area contributed by atoms with E-state index in [-0.39, 0.29) is 11.4 Å². The highest BCUT2D eigenvalue weighted by Gasteiger charge is 2.48. The van der Waals surface area contributed by atoms with Crippen LogP contribution in [0.5, 0.6) is 0 Å². The van der Waals surface area contributed by atoms with Gasteiger partial charge < -0.3 is 11.5 Å². The predicted octanol–water partition coefficient (Wildman–Crippen LogP) is 5.63. The van der Waals surface area contributed by atoms with Crippen LogP contribution >= 0.6 is 0 Å². The summed E-state index contributed by atoms with van der Waals surface area (Å²) >= 11 is 0.